The van der Waals surface area contributed by atoms with E-state index in [9.17, 15) is 25.9 Å². The third-order valence-electron chi connectivity index (χ3n) is 6.77. The Hall–Kier alpha value is -2.48. The SMILES string of the molecule is CCC(Cl)Cc1c(C)sc(C=C2Oc3ccc(-c4ccccc4)cc3N2CCCS(=O)(=O)O)[n+]1CCCS(=O)(=O)O. The van der Waals surface area contributed by atoms with Crippen LogP contribution in [0.5, 0.6) is 5.75 Å². The maximum Gasteiger partial charge on any atom is 0.267 e. The molecule has 3 aromatic rings. The summed E-state index contributed by atoms with van der Waals surface area (Å²) in [6, 6.07) is 15.7. The van der Waals surface area contributed by atoms with Gasteiger partial charge >= 0.3 is 0 Å². The number of aromatic nitrogens is 1. The summed E-state index contributed by atoms with van der Waals surface area (Å²) >= 11 is 8.03. The molecule has 13 heteroatoms. The van der Waals surface area contributed by atoms with Gasteiger partial charge in [0.05, 0.1) is 28.1 Å². The second-order valence-corrected chi connectivity index (χ2v) is 14.9. The molecule has 0 spiro atoms. The van der Waals surface area contributed by atoms with Gasteiger partial charge in [0.2, 0.25) is 5.88 Å². The number of benzene rings is 2. The number of fused-ring (bicyclic) bond motifs is 1. The van der Waals surface area contributed by atoms with Crippen LogP contribution in [0.3, 0.4) is 0 Å². The maximum absolute atomic E-state index is 11.4. The van der Waals surface area contributed by atoms with Gasteiger partial charge in [-0.05, 0) is 43.0 Å². The molecule has 1 atom stereocenters. The minimum absolute atomic E-state index is 0.100. The van der Waals surface area contributed by atoms with Crippen molar-refractivity contribution in [3.8, 4) is 16.9 Å². The summed E-state index contributed by atoms with van der Waals surface area (Å²) in [5.74, 6) is 0.334. The van der Waals surface area contributed by atoms with Crippen molar-refractivity contribution in [2.45, 2.75) is 51.5 Å². The van der Waals surface area contributed by atoms with Gasteiger partial charge in [0.25, 0.3) is 25.2 Å². The fourth-order valence-corrected chi connectivity index (χ4v) is 6.95. The van der Waals surface area contributed by atoms with E-state index in [1.165, 1.54) is 11.3 Å². The number of ether oxygens (including phenoxy) is 1. The van der Waals surface area contributed by atoms with Gasteiger partial charge in [0.1, 0.15) is 0 Å². The molecule has 1 aliphatic rings. The molecule has 4 rings (SSSR count). The van der Waals surface area contributed by atoms with Gasteiger partial charge in [-0.3, -0.25) is 9.11 Å². The number of anilines is 1. The first kappa shape index (κ1) is 31.5. The maximum atomic E-state index is 11.4. The smallest absolute Gasteiger partial charge is 0.267 e. The molecule has 0 bridgehead atoms. The predicted molar refractivity (Wildman–Crippen MR) is 163 cm³/mol. The summed E-state index contributed by atoms with van der Waals surface area (Å²) in [5.41, 5.74) is 3.74. The van der Waals surface area contributed by atoms with Crippen LogP contribution in [0.1, 0.15) is 41.8 Å². The van der Waals surface area contributed by atoms with Crippen molar-refractivity contribution >= 4 is 54.9 Å². The monoisotopic (exact) mass is 641 g/mol. The Morgan fingerprint density at radius 2 is 1.71 bits per heavy atom. The molecule has 0 saturated heterocycles. The van der Waals surface area contributed by atoms with Crippen LogP contribution < -0.4 is 14.2 Å². The van der Waals surface area contributed by atoms with Gasteiger partial charge in [0.15, 0.2) is 18.0 Å². The second-order valence-electron chi connectivity index (χ2n) is 9.87. The fraction of sp³-hybridized carbons (Fsp3) is 0.393. The highest BCUT2D eigenvalue weighted by Gasteiger charge is 2.31. The van der Waals surface area contributed by atoms with E-state index in [1.807, 2.05) is 77.9 Å². The Bertz CT molecular complexity index is 1620. The zero-order chi connectivity index (χ0) is 29.8. The first-order chi connectivity index (χ1) is 19.3. The van der Waals surface area contributed by atoms with E-state index in [0.29, 0.717) is 24.6 Å². The van der Waals surface area contributed by atoms with Gasteiger partial charge < -0.3 is 9.64 Å². The largest absolute Gasteiger partial charge is 0.438 e. The Kier molecular flexibility index (Phi) is 10.1. The lowest BCUT2D eigenvalue weighted by Crippen LogP contribution is -2.41. The summed E-state index contributed by atoms with van der Waals surface area (Å²) in [6.07, 6.45) is 3.60. The van der Waals surface area contributed by atoms with Gasteiger partial charge in [-0.1, -0.05) is 54.7 Å². The highest BCUT2D eigenvalue weighted by atomic mass is 35.5. The number of nitrogens with zero attached hydrogens (tertiary/aromatic N) is 2. The van der Waals surface area contributed by atoms with E-state index < -0.39 is 26.0 Å². The quantitative estimate of drug-likeness (QED) is 0.146. The Morgan fingerprint density at radius 3 is 2.37 bits per heavy atom. The average molecular weight is 642 g/mol. The van der Waals surface area contributed by atoms with Crippen molar-refractivity contribution in [3.63, 3.8) is 0 Å². The number of aryl methyl sites for hydroxylation is 1. The number of alkyl halides is 1. The van der Waals surface area contributed by atoms with Crippen LogP contribution in [0.2, 0.25) is 0 Å². The van der Waals surface area contributed by atoms with Gasteiger partial charge in [-0.25, -0.2) is 0 Å². The van der Waals surface area contributed by atoms with E-state index >= 15 is 0 Å². The molecular weight excluding hydrogens is 608 g/mol. The normalized spacial score (nSPS) is 15.2. The topological polar surface area (TPSA) is 125 Å². The minimum Gasteiger partial charge on any atom is -0.438 e. The van der Waals surface area contributed by atoms with Gasteiger partial charge in [0, 0.05) is 24.8 Å². The van der Waals surface area contributed by atoms with Crippen LogP contribution in [-0.4, -0.2) is 49.4 Å². The summed E-state index contributed by atoms with van der Waals surface area (Å²) in [5, 5.41) is 0.704. The number of hydrogen-bond acceptors (Lipinski definition) is 7. The van der Waals surface area contributed by atoms with E-state index in [-0.39, 0.29) is 30.5 Å². The molecule has 0 saturated carbocycles. The zero-order valence-corrected chi connectivity index (χ0v) is 26.1. The molecule has 0 aliphatic carbocycles. The van der Waals surface area contributed by atoms with Crippen molar-refractivity contribution in [1.29, 1.82) is 0 Å². The number of halogens is 1. The highest BCUT2D eigenvalue weighted by Crippen LogP contribution is 2.42. The first-order valence-electron chi connectivity index (χ1n) is 13.3. The van der Waals surface area contributed by atoms with E-state index in [4.69, 9.17) is 16.3 Å². The number of hydrogen-bond donors (Lipinski definition) is 2. The molecule has 1 aromatic heterocycles. The Morgan fingerprint density at radius 1 is 1.02 bits per heavy atom. The second kappa shape index (κ2) is 13.2. The molecule has 0 amide bonds. The molecule has 2 aromatic carbocycles. The van der Waals surface area contributed by atoms with Crippen LogP contribution in [0.15, 0.2) is 54.4 Å². The lowest BCUT2D eigenvalue weighted by molar-refractivity contribution is -0.701. The molecule has 222 valence electrons. The molecule has 2 heterocycles. The molecule has 0 radical (unpaired) electrons. The molecule has 0 fully saturated rings. The first-order valence-corrected chi connectivity index (χ1v) is 17.7. The zero-order valence-electron chi connectivity index (χ0n) is 22.9. The highest BCUT2D eigenvalue weighted by molar-refractivity contribution is 7.86. The van der Waals surface area contributed by atoms with E-state index in [2.05, 4.69) is 0 Å². The summed E-state index contributed by atoms with van der Waals surface area (Å²) < 4.78 is 72.6. The number of thiazole rings is 1. The van der Waals surface area contributed by atoms with E-state index in [0.717, 1.165) is 38.8 Å². The standard InChI is InChI=1S/C28H33ClN2O7S3/c1-3-23(29)18-24-20(2)39-28(31(24)14-8-16-41(35,36)37)19-27-30(13-7-15-40(32,33)34)25-17-22(11-12-26(25)38-27)21-9-5-4-6-10-21/h4-6,9-12,17,19,23H,3,7-8,13-16,18H2,1-2H3,(H-,32,33,34,35,36,37)/p+1. The Balaban J connectivity index is 1.74. The van der Waals surface area contributed by atoms with Crippen molar-refractivity contribution in [3.05, 3.63) is 70.0 Å². The third-order valence-corrected chi connectivity index (χ3v) is 9.93. The van der Waals surface area contributed by atoms with Crippen LogP contribution in [0, 0.1) is 6.92 Å². The molecular formula is C28H34ClN2O7S3+. The summed E-state index contributed by atoms with van der Waals surface area (Å²) in [7, 11) is -8.25. The minimum atomic E-state index is -4.14. The van der Waals surface area contributed by atoms with Crippen LogP contribution in [0.4, 0.5) is 5.69 Å². The van der Waals surface area contributed by atoms with Crippen molar-refractivity contribution in [2.75, 3.05) is 23.0 Å². The molecule has 1 aliphatic heterocycles. The third kappa shape index (κ3) is 8.52. The molecule has 1 unspecified atom stereocenters. The molecule has 9 nitrogen and oxygen atoms in total. The van der Waals surface area contributed by atoms with Crippen LogP contribution >= 0.6 is 22.9 Å². The van der Waals surface area contributed by atoms with Crippen molar-refractivity contribution < 1.29 is 35.2 Å². The summed E-state index contributed by atoms with van der Waals surface area (Å²) in [6.45, 7) is 4.61. The van der Waals surface area contributed by atoms with Crippen LogP contribution in [-0.2, 0) is 33.2 Å². The molecule has 41 heavy (non-hydrogen) atoms. The lowest BCUT2D eigenvalue weighted by Gasteiger charge is -2.18. The average Bonchev–Trinajstić information content (AvgIpc) is 3.39. The Labute approximate surface area is 250 Å². The molecule has 2 N–H and O–H groups in total. The fourth-order valence-electron chi connectivity index (χ4n) is 4.72. The number of rotatable bonds is 13. The van der Waals surface area contributed by atoms with Crippen molar-refractivity contribution in [1.82, 2.24) is 0 Å². The summed E-state index contributed by atoms with van der Waals surface area (Å²) in [4.78, 5) is 2.92. The van der Waals surface area contributed by atoms with Crippen LogP contribution in [0.25, 0.3) is 17.2 Å². The van der Waals surface area contributed by atoms with Gasteiger partial charge in [-0.15, -0.1) is 11.6 Å². The van der Waals surface area contributed by atoms with E-state index in [1.54, 1.807) is 0 Å². The predicted octanol–water partition coefficient (Wildman–Crippen LogP) is 5.32. The lowest BCUT2D eigenvalue weighted by atomic mass is 10.0. The van der Waals surface area contributed by atoms with Crippen molar-refractivity contribution in [2.24, 2.45) is 0 Å². The van der Waals surface area contributed by atoms with Gasteiger partial charge in [-0.2, -0.15) is 21.4 Å².